The third kappa shape index (κ3) is 3.67. The van der Waals surface area contributed by atoms with Gasteiger partial charge in [-0.25, -0.2) is 4.79 Å². The molecule has 8 nitrogen and oxygen atoms in total. The number of carboxylic acids is 1. The van der Waals surface area contributed by atoms with Gasteiger partial charge in [0, 0.05) is 18.8 Å². The summed E-state index contributed by atoms with van der Waals surface area (Å²) >= 11 is 0. The van der Waals surface area contributed by atoms with Gasteiger partial charge in [-0.1, -0.05) is 0 Å². The van der Waals surface area contributed by atoms with Crippen molar-refractivity contribution in [3.8, 4) is 5.75 Å². The molecule has 2 aromatic rings. The lowest BCUT2D eigenvalue weighted by molar-refractivity contribution is 0.0695. The average Bonchev–Trinajstić information content (AvgIpc) is 2.60. The molecule has 0 spiro atoms. The number of ether oxygens (including phenoxy) is 1. The summed E-state index contributed by atoms with van der Waals surface area (Å²) < 4.78 is 5.16. The molecular formula is C16H15N3O5. The summed E-state index contributed by atoms with van der Waals surface area (Å²) in [6, 6.07) is 7.17. The molecule has 0 saturated heterocycles. The lowest BCUT2D eigenvalue weighted by Gasteiger charge is -2.11. The Hall–Kier alpha value is -3.42. The second kappa shape index (κ2) is 7.23. The van der Waals surface area contributed by atoms with E-state index in [9.17, 15) is 14.4 Å². The monoisotopic (exact) mass is 329 g/mol. The van der Waals surface area contributed by atoms with E-state index in [1.807, 2.05) is 0 Å². The molecule has 0 radical (unpaired) electrons. The maximum absolute atomic E-state index is 12.2. The molecule has 0 aliphatic rings. The van der Waals surface area contributed by atoms with Crippen LogP contribution in [0.3, 0.4) is 0 Å². The van der Waals surface area contributed by atoms with E-state index >= 15 is 0 Å². The Morgan fingerprint density at radius 3 is 2.33 bits per heavy atom. The number of carbonyl (C=O) groups excluding carboxylic acids is 2. The van der Waals surface area contributed by atoms with Crippen molar-refractivity contribution in [2.45, 2.75) is 0 Å². The average molecular weight is 329 g/mol. The lowest BCUT2D eigenvalue weighted by atomic mass is 10.1. The number of hydrogen-bond donors (Lipinski definition) is 3. The number of methoxy groups -OCH3 is 1. The van der Waals surface area contributed by atoms with Crippen LogP contribution < -0.4 is 15.4 Å². The number of nitrogens with one attached hydrogen (secondary N) is 2. The van der Waals surface area contributed by atoms with Crippen LogP contribution in [0.15, 0.2) is 36.5 Å². The Bertz CT molecular complexity index is 787. The van der Waals surface area contributed by atoms with E-state index in [0.29, 0.717) is 17.0 Å². The van der Waals surface area contributed by atoms with Gasteiger partial charge in [0.2, 0.25) is 0 Å². The van der Waals surface area contributed by atoms with E-state index < -0.39 is 11.9 Å². The predicted molar refractivity (Wildman–Crippen MR) is 85.5 cm³/mol. The highest BCUT2D eigenvalue weighted by atomic mass is 16.5. The molecule has 0 atom stereocenters. The standard InChI is InChI=1S/C16H15N3O5/c1-17-14(20)9-4-6-13(24-2)12(7-9)19-15(21)11-5-3-10(8-18-11)16(22)23/h3-8H,1-2H3,(H,17,20)(H,19,21)(H,22,23). The van der Waals surface area contributed by atoms with E-state index in [1.165, 1.54) is 32.4 Å². The molecule has 3 N–H and O–H groups in total. The number of hydrogen-bond acceptors (Lipinski definition) is 5. The molecule has 0 unspecified atom stereocenters. The number of rotatable bonds is 5. The second-order valence-electron chi connectivity index (χ2n) is 4.69. The number of pyridine rings is 1. The summed E-state index contributed by atoms with van der Waals surface area (Å²) in [6.07, 6.45) is 1.09. The van der Waals surface area contributed by atoms with Crippen molar-refractivity contribution in [2.24, 2.45) is 0 Å². The van der Waals surface area contributed by atoms with Gasteiger partial charge in [-0.3, -0.25) is 14.6 Å². The van der Waals surface area contributed by atoms with Gasteiger partial charge in [0.1, 0.15) is 11.4 Å². The van der Waals surface area contributed by atoms with Crippen LogP contribution >= 0.6 is 0 Å². The van der Waals surface area contributed by atoms with Gasteiger partial charge < -0.3 is 20.5 Å². The van der Waals surface area contributed by atoms with E-state index in [1.54, 1.807) is 12.1 Å². The quantitative estimate of drug-likeness (QED) is 0.763. The van der Waals surface area contributed by atoms with Gasteiger partial charge in [-0.2, -0.15) is 0 Å². The molecular weight excluding hydrogens is 314 g/mol. The van der Waals surface area contributed by atoms with Gasteiger partial charge in [-0.15, -0.1) is 0 Å². The Kier molecular flexibility index (Phi) is 5.10. The van der Waals surface area contributed by atoms with Crippen LogP contribution in [0, 0.1) is 0 Å². The van der Waals surface area contributed by atoms with E-state index in [2.05, 4.69) is 15.6 Å². The van der Waals surface area contributed by atoms with Crippen molar-refractivity contribution in [1.82, 2.24) is 10.3 Å². The zero-order chi connectivity index (χ0) is 17.7. The topological polar surface area (TPSA) is 118 Å². The van der Waals surface area contributed by atoms with E-state index in [0.717, 1.165) is 6.20 Å². The van der Waals surface area contributed by atoms with Crippen LogP contribution in [-0.2, 0) is 0 Å². The largest absolute Gasteiger partial charge is 0.495 e. The minimum atomic E-state index is -1.13. The van der Waals surface area contributed by atoms with Crippen molar-refractivity contribution in [3.63, 3.8) is 0 Å². The Labute approximate surface area is 137 Å². The minimum Gasteiger partial charge on any atom is -0.495 e. The van der Waals surface area contributed by atoms with Crippen LogP contribution in [0.5, 0.6) is 5.75 Å². The molecule has 1 aromatic heterocycles. The Morgan fingerprint density at radius 1 is 1.08 bits per heavy atom. The lowest BCUT2D eigenvalue weighted by Crippen LogP contribution is -2.19. The van der Waals surface area contributed by atoms with Crippen LogP contribution in [0.4, 0.5) is 5.69 Å². The number of nitrogens with zero attached hydrogens (tertiary/aromatic N) is 1. The van der Waals surface area contributed by atoms with E-state index in [-0.39, 0.29) is 17.2 Å². The number of aromatic nitrogens is 1. The highest BCUT2D eigenvalue weighted by Gasteiger charge is 2.14. The Morgan fingerprint density at radius 2 is 1.79 bits per heavy atom. The summed E-state index contributed by atoms with van der Waals surface area (Å²) in [6.45, 7) is 0. The fourth-order valence-corrected chi connectivity index (χ4v) is 1.93. The molecule has 0 saturated carbocycles. The zero-order valence-corrected chi connectivity index (χ0v) is 13.0. The molecule has 124 valence electrons. The van der Waals surface area contributed by atoms with Crippen LogP contribution in [0.25, 0.3) is 0 Å². The highest BCUT2D eigenvalue weighted by Crippen LogP contribution is 2.26. The van der Waals surface area contributed by atoms with Gasteiger partial charge in [0.15, 0.2) is 0 Å². The highest BCUT2D eigenvalue weighted by molar-refractivity contribution is 6.05. The predicted octanol–water partition coefficient (Wildman–Crippen LogP) is 1.40. The molecule has 0 fully saturated rings. The maximum Gasteiger partial charge on any atom is 0.337 e. The number of amides is 2. The van der Waals surface area contributed by atoms with Crippen LogP contribution in [0.1, 0.15) is 31.2 Å². The smallest absolute Gasteiger partial charge is 0.337 e. The number of carboxylic acid groups (broad SMARTS) is 1. The SMILES string of the molecule is CNC(=O)c1ccc(OC)c(NC(=O)c2ccc(C(=O)O)cn2)c1. The van der Waals surface area contributed by atoms with Crippen molar-refractivity contribution < 1.29 is 24.2 Å². The van der Waals surface area contributed by atoms with Gasteiger partial charge in [-0.05, 0) is 30.3 Å². The van der Waals surface area contributed by atoms with Crippen molar-refractivity contribution >= 4 is 23.5 Å². The van der Waals surface area contributed by atoms with Crippen molar-refractivity contribution in [2.75, 3.05) is 19.5 Å². The zero-order valence-electron chi connectivity index (χ0n) is 13.0. The Balaban J connectivity index is 2.26. The summed E-state index contributed by atoms with van der Waals surface area (Å²) in [7, 11) is 2.93. The summed E-state index contributed by atoms with van der Waals surface area (Å²) in [5.74, 6) is -1.62. The number of carbonyl (C=O) groups is 3. The summed E-state index contributed by atoms with van der Waals surface area (Å²) in [5, 5.41) is 13.9. The fraction of sp³-hybridized carbons (Fsp3) is 0.125. The fourth-order valence-electron chi connectivity index (χ4n) is 1.93. The normalized spacial score (nSPS) is 9.92. The number of anilines is 1. The summed E-state index contributed by atoms with van der Waals surface area (Å²) in [5.41, 5.74) is 0.661. The number of benzene rings is 1. The van der Waals surface area contributed by atoms with Gasteiger partial charge >= 0.3 is 5.97 Å². The first-order valence-electron chi connectivity index (χ1n) is 6.87. The molecule has 2 rings (SSSR count). The first-order valence-corrected chi connectivity index (χ1v) is 6.87. The third-order valence-electron chi connectivity index (χ3n) is 3.18. The van der Waals surface area contributed by atoms with Gasteiger partial charge in [0.25, 0.3) is 11.8 Å². The van der Waals surface area contributed by atoms with Crippen molar-refractivity contribution in [1.29, 1.82) is 0 Å². The van der Waals surface area contributed by atoms with E-state index in [4.69, 9.17) is 9.84 Å². The minimum absolute atomic E-state index is 0.0225. The molecule has 0 aliphatic heterocycles. The maximum atomic E-state index is 12.2. The van der Waals surface area contributed by atoms with Crippen LogP contribution in [-0.4, -0.2) is 42.0 Å². The van der Waals surface area contributed by atoms with Crippen LogP contribution in [0.2, 0.25) is 0 Å². The molecule has 2 amide bonds. The first kappa shape index (κ1) is 16.9. The van der Waals surface area contributed by atoms with Gasteiger partial charge in [0.05, 0.1) is 18.4 Å². The number of aromatic carboxylic acids is 1. The summed E-state index contributed by atoms with van der Waals surface area (Å²) in [4.78, 5) is 38.5. The molecule has 8 heteroatoms. The first-order chi connectivity index (χ1) is 11.5. The molecule has 1 aromatic carbocycles. The third-order valence-corrected chi connectivity index (χ3v) is 3.18. The second-order valence-corrected chi connectivity index (χ2v) is 4.69. The van der Waals surface area contributed by atoms with Crippen molar-refractivity contribution in [3.05, 3.63) is 53.3 Å². The molecule has 24 heavy (non-hydrogen) atoms. The molecule has 1 heterocycles. The molecule has 0 aliphatic carbocycles. The molecule has 0 bridgehead atoms.